The maximum Gasteiger partial charge on any atom is 0.223 e. The van der Waals surface area contributed by atoms with Gasteiger partial charge in [0.15, 0.2) is 0 Å². The van der Waals surface area contributed by atoms with Gasteiger partial charge in [-0.1, -0.05) is 12.8 Å². The molecule has 5 heteroatoms. The van der Waals surface area contributed by atoms with Crippen LogP contribution in [0.25, 0.3) is 0 Å². The minimum atomic E-state index is -0.410. The van der Waals surface area contributed by atoms with E-state index >= 15 is 0 Å². The van der Waals surface area contributed by atoms with E-state index in [4.69, 9.17) is 5.73 Å². The fraction of sp³-hybridized carbons (Fsp3) is 0.833. The number of amides is 2. The first-order valence-corrected chi connectivity index (χ1v) is 6.12. The lowest BCUT2D eigenvalue weighted by Crippen LogP contribution is -2.31. The van der Waals surface area contributed by atoms with Crippen molar-refractivity contribution in [3.05, 3.63) is 0 Å². The number of carbonyl (C=O) groups excluding carboxylic acids is 2. The second kappa shape index (κ2) is 8.98. The van der Waals surface area contributed by atoms with Crippen molar-refractivity contribution in [2.75, 3.05) is 27.7 Å². The topological polar surface area (TPSA) is 75.4 Å². The maximum absolute atomic E-state index is 11.5. The molecule has 0 fully saturated rings. The van der Waals surface area contributed by atoms with Crippen LogP contribution in [0.2, 0.25) is 0 Å². The first kappa shape index (κ1) is 15.9. The van der Waals surface area contributed by atoms with Gasteiger partial charge in [0, 0.05) is 19.4 Å². The van der Waals surface area contributed by atoms with E-state index in [0.717, 1.165) is 32.2 Å². The summed E-state index contributed by atoms with van der Waals surface area (Å²) in [7, 11) is 5.67. The molecule has 17 heavy (non-hydrogen) atoms. The lowest BCUT2D eigenvalue weighted by Gasteiger charge is -2.14. The zero-order valence-corrected chi connectivity index (χ0v) is 11.2. The molecule has 0 saturated carbocycles. The molecule has 5 nitrogen and oxygen atoms in total. The van der Waals surface area contributed by atoms with Gasteiger partial charge in [0.05, 0.1) is 0 Å². The first-order chi connectivity index (χ1) is 7.97. The number of hydrogen-bond donors (Lipinski definition) is 2. The van der Waals surface area contributed by atoms with Crippen molar-refractivity contribution >= 4 is 11.8 Å². The number of primary amides is 1. The molecule has 0 heterocycles. The van der Waals surface area contributed by atoms with Gasteiger partial charge in [-0.15, -0.1) is 0 Å². The molecule has 1 atom stereocenters. The number of nitrogens with two attached hydrogens (primary N) is 1. The third-order valence-corrected chi connectivity index (χ3v) is 2.72. The first-order valence-electron chi connectivity index (χ1n) is 6.12. The summed E-state index contributed by atoms with van der Waals surface area (Å²) in [6.45, 7) is 1.06. The molecule has 1 unspecified atom stereocenters. The van der Waals surface area contributed by atoms with Gasteiger partial charge < -0.3 is 16.0 Å². The molecule has 0 aliphatic heterocycles. The van der Waals surface area contributed by atoms with E-state index in [9.17, 15) is 9.59 Å². The van der Waals surface area contributed by atoms with Crippen molar-refractivity contribution in [2.45, 2.75) is 32.1 Å². The number of rotatable bonds is 9. The van der Waals surface area contributed by atoms with Crippen LogP contribution >= 0.6 is 0 Å². The summed E-state index contributed by atoms with van der Waals surface area (Å²) >= 11 is 0. The minimum absolute atomic E-state index is 0.0867. The summed E-state index contributed by atoms with van der Waals surface area (Å²) in [5.74, 6) is -0.764. The monoisotopic (exact) mass is 243 g/mol. The molecule has 0 aromatic heterocycles. The smallest absolute Gasteiger partial charge is 0.223 e. The molecule has 0 spiro atoms. The second-order valence-corrected chi connectivity index (χ2v) is 4.63. The Morgan fingerprint density at radius 1 is 1.24 bits per heavy atom. The molecule has 0 aliphatic carbocycles. The van der Waals surface area contributed by atoms with Crippen LogP contribution in [0.15, 0.2) is 0 Å². The van der Waals surface area contributed by atoms with Gasteiger partial charge in [0.25, 0.3) is 0 Å². The third kappa shape index (κ3) is 8.68. The summed E-state index contributed by atoms with van der Waals surface area (Å²) in [6, 6.07) is 0. The molecule has 100 valence electrons. The fourth-order valence-corrected chi connectivity index (χ4v) is 1.77. The molecule has 2 amide bonds. The number of carbonyl (C=O) groups is 2. The Bertz CT molecular complexity index is 242. The fourth-order valence-electron chi connectivity index (χ4n) is 1.77. The van der Waals surface area contributed by atoms with E-state index in [0.29, 0.717) is 0 Å². The Morgan fingerprint density at radius 2 is 1.88 bits per heavy atom. The van der Waals surface area contributed by atoms with Crippen molar-refractivity contribution in [3.63, 3.8) is 0 Å². The highest BCUT2D eigenvalue weighted by atomic mass is 16.2. The average molecular weight is 243 g/mol. The maximum atomic E-state index is 11.5. The van der Waals surface area contributed by atoms with E-state index in [1.807, 2.05) is 14.1 Å². The predicted molar refractivity (Wildman–Crippen MR) is 68.4 cm³/mol. The minimum Gasteiger partial charge on any atom is -0.370 e. The van der Waals surface area contributed by atoms with Crippen LogP contribution in [0.3, 0.4) is 0 Å². The lowest BCUT2D eigenvalue weighted by atomic mass is 9.96. The normalized spacial score (nSPS) is 12.5. The van der Waals surface area contributed by atoms with Gasteiger partial charge in [0.1, 0.15) is 0 Å². The van der Waals surface area contributed by atoms with Gasteiger partial charge in [-0.3, -0.25) is 9.59 Å². The molecule has 3 N–H and O–H groups in total. The van der Waals surface area contributed by atoms with E-state index in [1.165, 1.54) is 0 Å². The molecular weight excluding hydrogens is 218 g/mol. The molecule has 0 aliphatic rings. The highest BCUT2D eigenvalue weighted by molar-refractivity contribution is 5.84. The third-order valence-electron chi connectivity index (χ3n) is 2.72. The number of unbranched alkanes of at least 4 members (excludes halogenated alkanes) is 2. The van der Waals surface area contributed by atoms with Crippen molar-refractivity contribution in [3.8, 4) is 0 Å². The van der Waals surface area contributed by atoms with Crippen molar-refractivity contribution in [1.82, 2.24) is 10.2 Å². The van der Waals surface area contributed by atoms with Crippen LogP contribution in [0, 0.1) is 5.92 Å². The Kier molecular flexibility index (Phi) is 8.40. The summed E-state index contributed by atoms with van der Waals surface area (Å²) in [6.07, 6.45) is 4.02. The molecule has 0 rings (SSSR count). The van der Waals surface area contributed by atoms with E-state index in [-0.39, 0.29) is 18.2 Å². The quantitative estimate of drug-likeness (QED) is 0.574. The van der Waals surface area contributed by atoms with Gasteiger partial charge in [-0.05, 0) is 33.5 Å². The molecule has 0 radical (unpaired) electrons. The Labute approximate surface area is 104 Å². The van der Waals surface area contributed by atoms with Crippen molar-refractivity contribution < 1.29 is 9.59 Å². The van der Waals surface area contributed by atoms with Crippen molar-refractivity contribution in [1.29, 1.82) is 0 Å². The molecule has 0 bridgehead atoms. The average Bonchev–Trinajstić information content (AvgIpc) is 2.25. The van der Waals surface area contributed by atoms with Crippen LogP contribution in [0.1, 0.15) is 32.1 Å². The van der Waals surface area contributed by atoms with Gasteiger partial charge in [-0.25, -0.2) is 0 Å². The van der Waals surface area contributed by atoms with Crippen LogP contribution in [0.5, 0.6) is 0 Å². The lowest BCUT2D eigenvalue weighted by molar-refractivity contribution is -0.129. The van der Waals surface area contributed by atoms with Gasteiger partial charge in [0.2, 0.25) is 11.8 Å². The zero-order valence-electron chi connectivity index (χ0n) is 11.2. The summed E-state index contributed by atoms with van der Waals surface area (Å²) in [5.41, 5.74) is 5.13. The zero-order chi connectivity index (χ0) is 13.3. The van der Waals surface area contributed by atoms with E-state index < -0.39 is 5.91 Å². The molecule has 0 aromatic rings. The Hall–Kier alpha value is -1.10. The SMILES string of the molecule is CNC(=O)C(CCCCCN(C)C)CC(N)=O. The van der Waals surface area contributed by atoms with Crippen LogP contribution in [0.4, 0.5) is 0 Å². The molecular formula is C12H25N3O2. The van der Waals surface area contributed by atoms with Gasteiger partial charge >= 0.3 is 0 Å². The standard InChI is InChI=1S/C12H25N3O2/c1-14-12(17)10(9-11(13)16)7-5-4-6-8-15(2)3/h10H,4-9H2,1-3H3,(H2,13,16)(H,14,17). The number of hydrogen-bond acceptors (Lipinski definition) is 3. The Morgan fingerprint density at radius 3 is 2.35 bits per heavy atom. The Balaban J connectivity index is 3.84. The van der Waals surface area contributed by atoms with Crippen LogP contribution in [-0.2, 0) is 9.59 Å². The number of nitrogens with zero attached hydrogens (tertiary/aromatic N) is 1. The highest BCUT2D eigenvalue weighted by Crippen LogP contribution is 2.14. The van der Waals surface area contributed by atoms with E-state index in [1.54, 1.807) is 7.05 Å². The second-order valence-electron chi connectivity index (χ2n) is 4.63. The summed E-state index contributed by atoms with van der Waals surface area (Å²) in [4.78, 5) is 24.5. The molecule has 0 saturated heterocycles. The predicted octanol–water partition coefficient (Wildman–Crippen LogP) is 0.346. The van der Waals surface area contributed by atoms with E-state index in [2.05, 4.69) is 10.2 Å². The summed E-state index contributed by atoms with van der Waals surface area (Å²) in [5, 5.41) is 2.57. The largest absolute Gasteiger partial charge is 0.370 e. The van der Waals surface area contributed by atoms with Gasteiger partial charge in [-0.2, -0.15) is 0 Å². The molecule has 0 aromatic carbocycles. The van der Waals surface area contributed by atoms with Crippen LogP contribution in [-0.4, -0.2) is 44.4 Å². The highest BCUT2D eigenvalue weighted by Gasteiger charge is 2.18. The summed E-state index contributed by atoms with van der Waals surface area (Å²) < 4.78 is 0. The number of nitrogens with one attached hydrogen (secondary N) is 1. The van der Waals surface area contributed by atoms with Crippen molar-refractivity contribution in [2.24, 2.45) is 11.7 Å². The van der Waals surface area contributed by atoms with Crippen LogP contribution < -0.4 is 11.1 Å².